The van der Waals surface area contributed by atoms with Crippen LogP contribution in [0.1, 0.15) is 19.3 Å². The number of hydrogen-bond acceptors (Lipinski definition) is 10. The molecule has 0 atom stereocenters. The van der Waals surface area contributed by atoms with E-state index in [0.717, 1.165) is 13.7 Å². The molecule has 0 saturated carbocycles. The predicted octanol–water partition coefficient (Wildman–Crippen LogP) is -1.49. The molecule has 0 radical (unpaired) electrons. The lowest BCUT2D eigenvalue weighted by Gasteiger charge is -2.23. The van der Waals surface area contributed by atoms with E-state index in [4.69, 9.17) is 0 Å². The molecule has 0 aromatic carbocycles. The maximum atomic E-state index is 12.3. The average Bonchev–Trinajstić information content (AvgIpc) is 3.02. The van der Waals surface area contributed by atoms with Crippen LogP contribution in [-0.4, -0.2) is 90.9 Å². The summed E-state index contributed by atoms with van der Waals surface area (Å²) in [6, 6.07) is 8.13. The highest BCUT2D eigenvalue weighted by molar-refractivity contribution is 5.76. The van der Waals surface area contributed by atoms with Crippen LogP contribution >= 0.6 is 0 Å². The second-order valence-corrected chi connectivity index (χ2v) is 10.4. The zero-order chi connectivity index (χ0) is 33.5. The summed E-state index contributed by atoms with van der Waals surface area (Å²) in [5, 5.41) is 36.9. The molecule has 0 saturated heterocycles. The fourth-order valence-corrected chi connectivity index (χ4v) is 4.50. The van der Waals surface area contributed by atoms with Crippen LogP contribution in [0.2, 0.25) is 0 Å². The first-order valence-electron chi connectivity index (χ1n) is 14.7. The van der Waals surface area contributed by atoms with Crippen molar-refractivity contribution in [2.24, 2.45) is 0 Å². The Bertz CT molecular complexity index is 1470. The molecule has 3 amide bonds. The third-order valence-electron chi connectivity index (χ3n) is 6.86. The molecular weight excluding hydrogens is 602 g/mol. The molecule has 16 nitrogen and oxygen atoms in total. The molecule has 0 spiro atoms. The van der Waals surface area contributed by atoms with Crippen molar-refractivity contribution in [2.45, 2.75) is 38.9 Å². The minimum absolute atomic E-state index is 0.236. The van der Waals surface area contributed by atoms with Crippen molar-refractivity contribution in [3.8, 4) is 17.2 Å². The number of aromatic hydroxyl groups is 3. The molecule has 0 aliphatic carbocycles. The number of carbonyl (C=O) groups is 3. The maximum Gasteiger partial charge on any atom is 0.293 e. The van der Waals surface area contributed by atoms with E-state index < -0.39 is 33.9 Å². The Hall–Kier alpha value is -5.38. The van der Waals surface area contributed by atoms with Gasteiger partial charge in [0.15, 0.2) is 17.2 Å². The summed E-state index contributed by atoms with van der Waals surface area (Å²) < 4.78 is 3.31. The summed E-state index contributed by atoms with van der Waals surface area (Å²) in [7, 11) is 0. The van der Waals surface area contributed by atoms with Crippen molar-refractivity contribution >= 4 is 17.7 Å². The quantitative estimate of drug-likeness (QED) is 0.0885. The molecule has 0 aliphatic heterocycles. The van der Waals surface area contributed by atoms with Gasteiger partial charge in [0, 0.05) is 38.2 Å². The molecule has 3 aromatic rings. The van der Waals surface area contributed by atoms with Crippen LogP contribution in [0.3, 0.4) is 0 Å². The second-order valence-electron chi connectivity index (χ2n) is 10.4. The number of carbonyl (C=O) groups excluding carboxylic acids is 3. The van der Waals surface area contributed by atoms with Gasteiger partial charge in [0.05, 0.1) is 0 Å². The van der Waals surface area contributed by atoms with Crippen LogP contribution in [0.4, 0.5) is 0 Å². The van der Waals surface area contributed by atoms with Crippen molar-refractivity contribution in [1.82, 2.24) is 34.6 Å². The molecule has 3 rings (SSSR count). The van der Waals surface area contributed by atoms with Crippen molar-refractivity contribution < 1.29 is 29.7 Å². The van der Waals surface area contributed by atoms with Crippen LogP contribution in [0.25, 0.3) is 0 Å². The van der Waals surface area contributed by atoms with Gasteiger partial charge in [-0.1, -0.05) is 0 Å². The van der Waals surface area contributed by atoms with Crippen molar-refractivity contribution in [3.63, 3.8) is 0 Å². The minimum Gasteiger partial charge on any atom is -0.503 e. The number of rotatable bonds is 18. The van der Waals surface area contributed by atoms with E-state index in [0.29, 0.717) is 58.5 Å². The third-order valence-corrected chi connectivity index (χ3v) is 6.86. The summed E-state index contributed by atoms with van der Waals surface area (Å²) in [4.78, 5) is 74.7. The van der Waals surface area contributed by atoms with Gasteiger partial charge in [-0.15, -0.1) is 0 Å². The van der Waals surface area contributed by atoms with Gasteiger partial charge in [-0.25, -0.2) is 0 Å². The second kappa shape index (κ2) is 17.8. The largest absolute Gasteiger partial charge is 0.503 e. The van der Waals surface area contributed by atoms with Gasteiger partial charge in [0.1, 0.15) is 19.6 Å². The van der Waals surface area contributed by atoms with Crippen molar-refractivity contribution in [3.05, 3.63) is 86.1 Å². The van der Waals surface area contributed by atoms with E-state index in [1.807, 2.05) is 0 Å². The molecule has 46 heavy (non-hydrogen) atoms. The lowest BCUT2D eigenvalue weighted by atomic mass is 10.3. The topological polar surface area (TPSA) is 217 Å². The van der Waals surface area contributed by atoms with Gasteiger partial charge in [0.2, 0.25) is 17.7 Å². The minimum atomic E-state index is -0.661. The Morgan fingerprint density at radius 3 is 1.11 bits per heavy atom. The van der Waals surface area contributed by atoms with Crippen molar-refractivity contribution in [2.75, 3.05) is 39.3 Å². The van der Waals surface area contributed by atoms with Crippen LogP contribution in [0.15, 0.2) is 69.4 Å². The standard InChI is InChI=1S/C30H39N7O9/c38-22-7-1-16-35(28(22)44)19-25(41)31-10-4-13-34(14-5-11-32-26(42)20-36-17-2-8-23(39)29(36)45)15-6-12-33-27(43)21-37-18-3-9-24(40)30(37)46/h1-3,7-9,16-18,38-40H,4-6,10-15,19-21H2,(H,31,41)(H,32,42)(H,33,43). The van der Waals surface area contributed by atoms with Gasteiger partial charge in [-0.05, 0) is 75.3 Å². The van der Waals surface area contributed by atoms with Gasteiger partial charge >= 0.3 is 0 Å². The molecule has 3 heterocycles. The molecule has 0 aliphatic rings. The Labute approximate surface area is 263 Å². The van der Waals surface area contributed by atoms with Crippen LogP contribution < -0.4 is 32.6 Å². The van der Waals surface area contributed by atoms with E-state index in [1.54, 1.807) is 0 Å². The third kappa shape index (κ3) is 11.3. The smallest absolute Gasteiger partial charge is 0.293 e. The molecule has 0 bridgehead atoms. The first kappa shape index (κ1) is 35.1. The number of amides is 3. The van der Waals surface area contributed by atoms with E-state index in [2.05, 4.69) is 20.9 Å². The number of hydrogen-bond donors (Lipinski definition) is 6. The highest BCUT2D eigenvalue weighted by atomic mass is 16.3. The highest BCUT2D eigenvalue weighted by Gasteiger charge is 2.11. The fraction of sp³-hybridized carbons (Fsp3) is 0.400. The zero-order valence-electron chi connectivity index (χ0n) is 25.3. The Morgan fingerprint density at radius 1 is 0.543 bits per heavy atom. The number of nitrogens with one attached hydrogen (secondary N) is 3. The lowest BCUT2D eigenvalue weighted by molar-refractivity contribution is -0.122. The Balaban J connectivity index is 1.44. The molecule has 0 unspecified atom stereocenters. The predicted molar refractivity (Wildman–Crippen MR) is 166 cm³/mol. The van der Waals surface area contributed by atoms with E-state index >= 15 is 0 Å². The van der Waals surface area contributed by atoms with Crippen LogP contribution in [0.5, 0.6) is 17.2 Å². The Kier molecular flexibility index (Phi) is 13.6. The zero-order valence-corrected chi connectivity index (χ0v) is 25.3. The maximum absolute atomic E-state index is 12.3. The van der Waals surface area contributed by atoms with Gasteiger partial charge < -0.3 is 49.9 Å². The molecule has 3 aromatic heterocycles. The summed E-state index contributed by atoms with van der Waals surface area (Å²) in [5.41, 5.74) is -1.98. The first-order valence-corrected chi connectivity index (χ1v) is 14.7. The van der Waals surface area contributed by atoms with Crippen LogP contribution in [-0.2, 0) is 34.0 Å². The SMILES string of the molecule is O=C(Cn1cccc(O)c1=O)NCCCN(CCCNC(=O)Cn1cccc(O)c1=O)CCCNC(=O)Cn1cccc(O)c1=O. The monoisotopic (exact) mass is 641 g/mol. The molecule has 6 N–H and O–H groups in total. The van der Waals surface area contributed by atoms with Gasteiger partial charge in [-0.2, -0.15) is 0 Å². The first-order chi connectivity index (χ1) is 22.0. The normalized spacial score (nSPS) is 10.9. The summed E-state index contributed by atoms with van der Waals surface area (Å²) in [6.07, 6.45) is 5.93. The van der Waals surface area contributed by atoms with E-state index in [-0.39, 0.29) is 37.4 Å². The van der Waals surface area contributed by atoms with Gasteiger partial charge in [-0.3, -0.25) is 28.8 Å². The molecule has 16 heteroatoms. The lowest BCUT2D eigenvalue weighted by Crippen LogP contribution is -2.37. The summed E-state index contributed by atoms with van der Waals surface area (Å²) >= 11 is 0. The average molecular weight is 642 g/mol. The summed E-state index contributed by atoms with van der Waals surface area (Å²) in [5.74, 6) is -2.50. The summed E-state index contributed by atoms with van der Waals surface area (Å²) in [6.45, 7) is 2.00. The fourth-order valence-electron chi connectivity index (χ4n) is 4.50. The molecule has 0 fully saturated rings. The van der Waals surface area contributed by atoms with E-state index in [1.165, 1.54) is 55.0 Å². The van der Waals surface area contributed by atoms with E-state index in [9.17, 15) is 44.1 Å². The van der Waals surface area contributed by atoms with Crippen LogP contribution in [0, 0.1) is 0 Å². The van der Waals surface area contributed by atoms with Crippen molar-refractivity contribution in [1.29, 1.82) is 0 Å². The highest BCUT2D eigenvalue weighted by Crippen LogP contribution is 2.01. The number of pyridine rings is 3. The molecule has 248 valence electrons. The number of nitrogens with zero attached hydrogens (tertiary/aromatic N) is 4. The molecular formula is C30H39N7O9. The van der Waals surface area contributed by atoms with Gasteiger partial charge in [0.25, 0.3) is 16.7 Å². The number of aromatic nitrogens is 3. The Morgan fingerprint density at radius 2 is 0.826 bits per heavy atom.